The fourth-order valence-corrected chi connectivity index (χ4v) is 3.34. The summed E-state index contributed by atoms with van der Waals surface area (Å²) >= 11 is 2.76. The second-order valence-electron chi connectivity index (χ2n) is 4.57. The van der Waals surface area contributed by atoms with Crippen LogP contribution in [0.4, 0.5) is 5.13 Å². The van der Waals surface area contributed by atoms with Crippen LogP contribution in [0.3, 0.4) is 0 Å². The first-order valence-corrected chi connectivity index (χ1v) is 8.04. The fourth-order valence-electron chi connectivity index (χ4n) is 1.86. The number of amides is 2. The molecule has 112 valence electrons. The molecule has 4 N–H and O–H groups in total. The van der Waals surface area contributed by atoms with Crippen molar-refractivity contribution in [3.8, 4) is 11.3 Å². The average Bonchev–Trinajstić information content (AvgIpc) is 3.16. The predicted molar refractivity (Wildman–Crippen MR) is 87.4 cm³/mol. The molecule has 3 aromatic heterocycles. The number of anilines is 1. The Morgan fingerprint density at radius 1 is 1.36 bits per heavy atom. The first-order valence-electron chi connectivity index (χ1n) is 6.35. The fraction of sp³-hybridized carbons (Fsp3) is 0.0714. The van der Waals surface area contributed by atoms with Crippen molar-refractivity contribution in [1.29, 1.82) is 0 Å². The van der Waals surface area contributed by atoms with Crippen LogP contribution < -0.4 is 11.1 Å². The predicted octanol–water partition coefficient (Wildman–Crippen LogP) is 2.86. The maximum absolute atomic E-state index is 12.1. The highest BCUT2D eigenvalue weighted by molar-refractivity contribution is 7.15. The van der Waals surface area contributed by atoms with Gasteiger partial charge in [0.05, 0.1) is 10.6 Å². The smallest absolute Gasteiger partial charge is 0.267 e. The Bertz CT molecular complexity index is 847. The van der Waals surface area contributed by atoms with E-state index >= 15 is 0 Å². The molecule has 2 amide bonds. The Kier molecular flexibility index (Phi) is 3.78. The van der Waals surface area contributed by atoms with Gasteiger partial charge in [-0.15, -0.1) is 22.7 Å². The summed E-state index contributed by atoms with van der Waals surface area (Å²) in [5.41, 5.74) is 6.94. The number of rotatable bonds is 4. The van der Waals surface area contributed by atoms with E-state index < -0.39 is 5.91 Å². The van der Waals surface area contributed by atoms with Gasteiger partial charge in [0.15, 0.2) is 5.13 Å². The van der Waals surface area contributed by atoms with E-state index in [0.29, 0.717) is 21.4 Å². The van der Waals surface area contributed by atoms with Crippen LogP contribution in [0.1, 0.15) is 25.0 Å². The number of carbonyl (C=O) groups is 2. The summed E-state index contributed by atoms with van der Waals surface area (Å²) in [4.78, 5) is 32.0. The van der Waals surface area contributed by atoms with Crippen LogP contribution in [0, 0.1) is 6.92 Å². The number of thiazole rings is 1. The summed E-state index contributed by atoms with van der Waals surface area (Å²) in [5.74, 6) is -0.700. The highest BCUT2D eigenvalue weighted by Gasteiger charge is 2.13. The molecule has 6 nitrogen and oxygen atoms in total. The van der Waals surface area contributed by atoms with Gasteiger partial charge in [-0.3, -0.25) is 14.9 Å². The Hall–Kier alpha value is -2.45. The molecule has 0 bridgehead atoms. The molecule has 0 aliphatic heterocycles. The molecule has 3 rings (SSSR count). The van der Waals surface area contributed by atoms with Gasteiger partial charge >= 0.3 is 0 Å². The topological polar surface area (TPSA) is 101 Å². The van der Waals surface area contributed by atoms with Crippen molar-refractivity contribution >= 4 is 39.6 Å². The van der Waals surface area contributed by atoms with Crippen LogP contribution in [0.15, 0.2) is 29.8 Å². The van der Waals surface area contributed by atoms with Gasteiger partial charge in [0, 0.05) is 22.0 Å². The summed E-state index contributed by atoms with van der Waals surface area (Å²) in [6.45, 7) is 1.95. The van der Waals surface area contributed by atoms with Crippen LogP contribution in [0.2, 0.25) is 0 Å². The van der Waals surface area contributed by atoms with Gasteiger partial charge in [-0.1, -0.05) is 0 Å². The minimum absolute atomic E-state index is 0.175. The van der Waals surface area contributed by atoms with Crippen LogP contribution in [-0.2, 0) is 0 Å². The normalized spacial score (nSPS) is 10.6. The van der Waals surface area contributed by atoms with E-state index in [0.717, 1.165) is 10.4 Å². The maximum Gasteiger partial charge on any atom is 0.267 e. The van der Waals surface area contributed by atoms with Gasteiger partial charge in [-0.25, -0.2) is 4.98 Å². The third-order valence-electron chi connectivity index (χ3n) is 2.93. The summed E-state index contributed by atoms with van der Waals surface area (Å²) in [5, 5.41) is 5.08. The molecule has 0 aliphatic carbocycles. The van der Waals surface area contributed by atoms with Gasteiger partial charge < -0.3 is 10.7 Å². The monoisotopic (exact) mass is 332 g/mol. The van der Waals surface area contributed by atoms with Crippen LogP contribution >= 0.6 is 22.7 Å². The molecule has 22 heavy (non-hydrogen) atoms. The number of H-pyrrole nitrogens is 1. The lowest BCUT2D eigenvalue weighted by Gasteiger charge is -1.97. The van der Waals surface area contributed by atoms with E-state index in [1.165, 1.54) is 22.7 Å². The minimum Gasteiger partial charge on any atom is -0.364 e. The zero-order valence-electron chi connectivity index (χ0n) is 11.5. The number of nitrogens with one attached hydrogen (secondary N) is 2. The molecule has 0 unspecified atom stereocenters. The lowest BCUT2D eigenvalue weighted by atomic mass is 10.2. The van der Waals surface area contributed by atoms with Crippen molar-refractivity contribution in [2.45, 2.75) is 6.92 Å². The molecular weight excluding hydrogens is 320 g/mol. The molecule has 8 heteroatoms. The molecule has 0 fully saturated rings. The van der Waals surface area contributed by atoms with Crippen molar-refractivity contribution in [2.24, 2.45) is 5.73 Å². The number of hydrogen-bond donors (Lipinski definition) is 3. The van der Waals surface area contributed by atoms with Crippen LogP contribution in [0.25, 0.3) is 11.3 Å². The molecule has 0 radical (unpaired) electrons. The number of aromatic nitrogens is 2. The van der Waals surface area contributed by atoms with Crippen LogP contribution in [-0.4, -0.2) is 21.8 Å². The first-order chi connectivity index (χ1) is 10.5. The SMILES string of the molecule is Cc1ccc(C(=O)Nc2nc(-c3c[nH]c(C(N)=O)c3)cs2)s1. The second-order valence-corrected chi connectivity index (χ2v) is 6.71. The summed E-state index contributed by atoms with van der Waals surface area (Å²) < 4.78 is 0. The quantitative estimate of drug-likeness (QED) is 0.684. The lowest BCUT2D eigenvalue weighted by molar-refractivity contribution is 0.0994. The van der Waals surface area contributed by atoms with Crippen molar-refractivity contribution in [3.63, 3.8) is 0 Å². The number of carbonyl (C=O) groups excluding carboxylic acids is 2. The van der Waals surface area contributed by atoms with E-state index in [1.54, 1.807) is 18.3 Å². The number of hydrogen-bond acceptors (Lipinski definition) is 5. The summed E-state index contributed by atoms with van der Waals surface area (Å²) in [6, 6.07) is 5.32. The Morgan fingerprint density at radius 3 is 2.82 bits per heavy atom. The molecule has 3 heterocycles. The number of nitrogens with zero attached hydrogens (tertiary/aromatic N) is 1. The molecule has 0 spiro atoms. The molecule has 0 saturated heterocycles. The molecule has 0 saturated carbocycles. The van der Waals surface area contributed by atoms with Gasteiger partial charge in [-0.2, -0.15) is 0 Å². The molecule has 0 atom stereocenters. The summed E-state index contributed by atoms with van der Waals surface area (Å²) in [7, 11) is 0. The standard InChI is InChI=1S/C14H12N4O2S2/c1-7-2-3-11(22-7)13(20)18-14-17-10(6-21-14)8-4-9(12(15)19)16-5-8/h2-6,16H,1H3,(H2,15,19)(H,17,18,20). The third kappa shape index (κ3) is 2.92. The van der Waals surface area contributed by atoms with Crippen molar-refractivity contribution in [3.05, 3.63) is 45.2 Å². The average molecular weight is 332 g/mol. The van der Waals surface area contributed by atoms with Crippen molar-refractivity contribution in [1.82, 2.24) is 9.97 Å². The Balaban J connectivity index is 1.75. The number of aryl methyl sites for hydroxylation is 1. The van der Waals surface area contributed by atoms with E-state index in [2.05, 4.69) is 15.3 Å². The van der Waals surface area contributed by atoms with E-state index in [9.17, 15) is 9.59 Å². The Morgan fingerprint density at radius 2 is 2.18 bits per heavy atom. The zero-order valence-corrected chi connectivity index (χ0v) is 13.2. The maximum atomic E-state index is 12.1. The number of aromatic amines is 1. The van der Waals surface area contributed by atoms with Gasteiger partial charge in [-0.05, 0) is 25.1 Å². The molecule has 0 aromatic carbocycles. The summed E-state index contributed by atoms with van der Waals surface area (Å²) in [6.07, 6.45) is 1.66. The van der Waals surface area contributed by atoms with Gasteiger partial charge in [0.2, 0.25) is 0 Å². The van der Waals surface area contributed by atoms with E-state index in [4.69, 9.17) is 5.73 Å². The largest absolute Gasteiger partial charge is 0.364 e. The van der Waals surface area contributed by atoms with Crippen LogP contribution in [0.5, 0.6) is 0 Å². The highest BCUT2D eigenvalue weighted by Crippen LogP contribution is 2.26. The first kappa shape index (κ1) is 14.5. The van der Waals surface area contributed by atoms with E-state index in [1.807, 2.05) is 18.4 Å². The number of thiophene rings is 1. The van der Waals surface area contributed by atoms with Crippen molar-refractivity contribution in [2.75, 3.05) is 5.32 Å². The van der Waals surface area contributed by atoms with Crippen molar-refractivity contribution < 1.29 is 9.59 Å². The second kappa shape index (κ2) is 5.74. The van der Waals surface area contributed by atoms with Gasteiger partial charge in [0.25, 0.3) is 11.8 Å². The third-order valence-corrected chi connectivity index (χ3v) is 4.69. The zero-order chi connectivity index (χ0) is 15.7. The highest BCUT2D eigenvalue weighted by atomic mass is 32.1. The minimum atomic E-state index is -0.525. The number of primary amides is 1. The van der Waals surface area contributed by atoms with Gasteiger partial charge in [0.1, 0.15) is 5.69 Å². The van der Waals surface area contributed by atoms with E-state index in [-0.39, 0.29) is 5.91 Å². The Labute approximate surface area is 134 Å². The molecule has 0 aliphatic rings. The molecule has 3 aromatic rings. The number of nitrogens with two attached hydrogens (primary N) is 1. The molecular formula is C14H12N4O2S2. The lowest BCUT2D eigenvalue weighted by Crippen LogP contribution is -2.10.